The molecule has 3 aliphatic carbocycles. The second kappa shape index (κ2) is 4.83. The van der Waals surface area contributed by atoms with Crippen LogP contribution in [-0.4, -0.2) is 5.78 Å². The Morgan fingerprint density at radius 3 is 2.52 bits per heavy atom. The minimum absolute atomic E-state index is 0.142. The van der Waals surface area contributed by atoms with Gasteiger partial charge in [0.05, 0.1) is 0 Å². The molecule has 0 aliphatic heterocycles. The molecule has 1 saturated carbocycles. The number of ketones is 1. The monoisotopic (exact) mass is 286 g/mol. The molecule has 0 radical (unpaired) electrons. The molecule has 3 atom stereocenters. The standard InChI is InChI=1S/C20H30O/c1-13(2)15-8-9-19(4)10-11-20(5)16(18(15)19)7-6-14(3)12-17(20)21/h12-13,16H,6-11H2,1-5H3. The van der Waals surface area contributed by atoms with Crippen LogP contribution in [0.1, 0.15) is 73.1 Å². The van der Waals surface area contributed by atoms with E-state index in [0.717, 1.165) is 12.8 Å². The van der Waals surface area contributed by atoms with Gasteiger partial charge in [-0.2, -0.15) is 0 Å². The summed E-state index contributed by atoms with van der Waals surface area (Å²) in [6.45, 7) is 11.5. The molecule has 116 valence electrons. The largest absolute Gasteiger partial charge is 0.294 e. The Balaban J connectivity index is 2.12. The molecule has 3 aliphatic rings. The fourth-order valence-corrected chi connectivity index (χ4v) is 5.19. The smallest absolute Gasteiger partial charge is 0.162 e. The van der Waals surface area contributed by atoms with Gasteiger partial charge in [0.15, 0.2) is 5.78 Å². The van der Waals surface area contributed by atoms with Crippen molar-refractivity contribution in [1.29, 1.82) is 0 Å². The van der Waals surface area contributed by atoms with E-state index in [9.17, 15) is 4.79 Å². The summed E-state index contributed by atoms with van der Waals surface area (Å²) in [7, 11) is 0. The van der Waals surface area contributed by atoms with Crippen molar-refractivity contribution in [3.63, 3.8) is 0 Å². The van der Waals surface area contributed by atoms with Gasteiger partial charge in [-0.1, -0.05) is 44.4 Å². The quantitative estimate of drug-likeness (QED) is 0.585. The highest BCUT2D eigenvalue weighted by atomic mass is 16.1. The van der Waals surface area contributed by atoms with Crippen LogP contribution < -0.4 is 0 Å². The molecule has 0 aromatic carbocycles. The average molecular weight is 286 g/mol. The Hall–Kier alpha value is -0.850. The molecule has 21 heavy (non-hydrogen) atoms. The zero-order valence-electron chi connectivity index (χ0n) is 14.4. The highest BCUT2D eigenvalue weighted by molar-refractivity contribution is 5.96. The van der Waals surface area contributed by atoms with Gasteiger partial charge >= 0.3 is 0 Å². The topological polar surface area (TPSA) is 17.1 Å². The number of allylic oxidation sites excluding steroid dienone is 4. The molecule has 1 fully saturated rings. The number of hydrogen-bond acceptors (Lipinski definition) is 1. The van der Waals surface area contributed by atoms with Gasteiger partial charge in [-0.15, -0.1) is 0 Å². The first kappa shape index (κ1) is 15.1. The Morgan fingerprint density at radius 1 is 1.14 bits per heavy atom. The van der Waals surface area contributed by atoms with E-state index in [2.05, 4.69) is 34.6 Å². The highest BCUT2D eigenvalue weighted by Crippen LogP contribution is 2.62. The normalized spacial score (nSPS) is 40.0. The Kier molecular flexibility index (Phi) is 3.46. The lowest BCUT2D eigenvalue weighted by molar-refractivity contribution is -0.127. The number of carbonyl (C=O) groups excluding carboxylic acids is 1. The minimum Gasteiger partial charge on any atom is -0.294 e. The molecule has 3 unspecified atom stereocenters. The van der Waals surface area contributed by atoms with Crippen molar-refractivity contribution in [3.8, 4) is 0 Å². The van der Waals surface area contributed by atoms with Crippen molar-refractivity contribution >= 4 is 5.78 Å². The van der Waals surface area contributed by atoms with E-state index in [4.69, 9.17) is 0 Å². The highest BCUT2D eigenvalue weighted by Gasteiger charge is 2.54. The third-order valence-corrected chi connectivity index (χ3v) is 6.72. The van der Waals surface area contributed by atoms with Gasteiger partial charge in [-0.25, -0.2) is 0 Å². The molecule has 1 nitrogen and oxygen atoms in total. The molecule has 3 rings (SSSR count). The lowest BCUT2D eigenvalue weighted by atomic mass is 9.54. The van der Waals surface area contributed by atoms with Crippen LogP contribution in [0.25, 0.3) is 0 Å². The van der Waals surface area contributed by atoms with Gasteiger partial charge in [-0.3, -0.25) is 4.79 Å². The van der Waals surface area contributed by atoms with Crippen LogP contribution in [0, 0.1) is 22.7 Å². The maximum absolute atomic E-state index is 12.9. The summed E-state index contributed by atoms with van der Waals surface area (Å²) >= 11 is 0. The second-order valence-corrected chi connectivity index (χ2v) is 8.52. The predicted molar refractivity (Wildman–Crippen MR) is 88.0 cm³/mol. The van der Waals surface area contributed by atoms with Crippen molar-refractivity contribution in [1.82, 2.24) is 0 Å². The van der Waals surface area contributed by atoms with E-state index in [1.54, 1.807) is 11.1 Å². The fraction of sp³-hybridized carbons (Fsp3) is 0.750. The molecule has 0 aromatic rings. The molecule has 0 saturated heterocycles. The molecular weight excluding hydrogens is 256 g/mol. The number of hydrogen-bond donors (Lipinski definition) is 0. The van der Waals surface area contributed by atoms with Gasteiger partial charge in [-0.05, 0) is 68.8 Å². The van der Waals surface area contributed by atoms with E-state index >= 15 is 0 Å². The van der Waals surface area contributed by atoms with E-state index in [1.807, 2.05) is 6.08 Å². The lowest BCUT2D eigenvalue weighted by Crippen LogP contribution is -2.44. The summed E-state index contributed by atoms with van der Waals surface area (Å²) in [6.07, 6.45) is 9.06. The fourth-order valence-electron chi connectivity index (χ4n) is 5.19. The average Bonchev–Trinajstić information content (AvgIpc) is 2.70. The van der Waals surface area contributed by atoms with Crippen LogP contribution in [0.2, 0.25) is 0 Å². The van der Waals surface area contributed by atoms with Crippen LogP contribution in [0.15, 0.2) is 22.8 Å². The molecule has 1 heteroatoms. The third-order valence-electron chi connectivity index (χ3n) is 6.72. The van der Waals surface area contributed by atoms with Gasteiger partial charge < -0.3 is 0 Å². The molecule has 0 aromatic heterocycles. The van der Waals surface area contributed by atoms with Crippen molar-refractivity contribution in [3.05, 3.63) is 22.8 Å². The summed E-state index contributed by atoms with van der Waals surface area (Å²) in [5.41, 5.74) is 4.89. The first-order chi connectivity index (χ1) is 9.78. The molecular formula is C20H30O. The molecule has 0 heterocycles. The van der Waals surface area contributed by atoms with Crippen LogP contribution >= 0.6 is 0 Å². The predicted octanol–water partition coefficient (Wildman–Crippen LogP) is 5.46. The van der Waals surface area contributed by atoms with Crippen LogP contribution in [0.3, 0.4) is 0 Å². The van der Waals surface area contributed by atoms with Crippen LogP contribution in [-0.2, 0) is 4.79 Å². The van der Waals surface area contributed by atoms with Crippen molar-refractivity contribution in [2.45, 2.75) is 73.1 Å². The zero-order chi connectivity index (χ0) is 15.4. The number of carbonyl (C=O) groups is 1. The first-order valence-corrected chi connectivity index (χ1v) is 8.73. The van der Waals surface area contributed by atoms with Crippen molar-refractivity contribution < 1.29 is 4.79 Å². The van der Waals surface area contributed by atoms with Gasteiger partial charge in [0.25, 0.3) is 0 Å². The molecule has 0 N–H and O–H groups in total. The molecule has 0 amide bonds. The van der Waals surface area contributed by atoms with Gasteiger partial charge in [0, 0.05) is 5.41 Å². The second-order valence-electron chi connectivity index (χ2n) is 8.52. The minimum atomic E-state index is -0.142. The van der Waals surface area contributed by atoms with E-state index in [-0.39, 0.29) is 5.41 Å². The molecule has 0 spiro atoms. The Labute approximate surface area is 129 Å². The summed E-state index contributed by atoms with van der Waals surface area (Å²) in [6, 6.07) is 0. The number of fused-ring (bicyclic) bond motifs is 3. The van der Waals surface area contributed by atoms with Crippen LogP contribution in [0.5, 0.6) is 0 Å². The summed E-state index contributed by atoms with van der Waals surface area (Å²) in [4.78, 5) is 12.9. The zero-order valence-corrected chi connectivity index (χ0v) is 14.4. The number of rotatable bonds is 1. The maximum Gasteiger partial charge on any atom is 0.162 e. The Bertz CT molecular complexity index is 536. The van der Waals surface area contributed by atoms with E-state index in [0.29, 0.717) is 23.0 Å². The van der Waals surface area contributed by atoms with Gasteiger partial charge in [0.1, 0.15) is 0 Å². The Morgan fingerprint density at radius 2 is 1.86 bits per heavy atom. The maximum atomic E-state index is 12.9. The van der Waals surface area contributed by atoms with E-state index < -0.39 is 0 Å². The summed E-state index contributed by atoms with van der Waals surface area (Å²) in [5, 5.41) is 0. The molecule has 0 bridgehead atoms. The third kappa shape index (κ3) is 2.15. The lowest BCUT2D eigenvalue weighted by Gasteiger charge is -2.48. The van der Waals surface area contributed by atoms with Gasteiger partial charge in [0.2, 0.25) is 0 Å². The SMILES string of the molecule is CC1=CC(=O)C2(C)CCC3(C)CCC(C(C)C)=C3C2CC1. The summed E-state index contributed by atoms with van der Waals surface area (Å²) in [5.74, 6) is 1.51. The van der Waals surface area contributed by atoms with Crippen molar-refractivity contribution in [2.24, 2.45) is 22.7 Å². The summed E-state index contributed by atoms with van der Waals surface area (Å²) < 4.78 is 0. The van der Waals surface area contributed by atoms with E-state index in [1.165, 1.54) is 31.3 Å². The van der Waals surface area contributed by atoms with Crippen molar-refractivity contribution in [2.75, 3.05) is 0 Å². The van der Waals surface area contributed by atoms with Crippen LogP contribution in [0.4, 0.5) is 0 Å². The first-order valence-electron chi connectivity index (χ1n) is 8.73.